The molecule has 0 aliphatic carbocycles. The van der Waals surface area contributed by atoms with E-state index in [-0.39, 0.29) is 72.6 Å². The van der Waals surface area contributed by atoms with E-state index in [1.54, 1.807) is 49.6 Å². The Balaban J connectivity index is 0.000000197. The Morgan fingerprint density at radius 3 is 0.819 bits per heavy atom. The molecule has 360 valence electrons. The number of aromatic nitrogens is 12. The monoisotopic (exact) mass is 1140 g/mol. The van der Waals surface area contributed by atoms with Gasteiger partial charge in [-0.1, -0.05) is 60.7 Å². The second-order valence-corrected chi connectivity index (χ2v) is 13.5. The summed E-state index contributed by atoms with van der Waals surface area (Å²) in [4.78, 5) is 91.4. The van der Waals surface area contributed by atoms with Crippen molar-refractivity contribution in [3.8, 4) is 57.2 Å². The maximum Gasteiger partial charge on any atom is 1.00 e. The van der Waals surface area contributed by atoms with Crippen LogP contribution < -0.4 is 15.1 Å². The van der Waals surface area contributed by atoms with Gasteiger partial charge in [0, 0.05) is 55.1 Å². The van der Waals surface area contributed by atoms with Crippen LogP contribution in [-0.2, 0) is 39.0 Å². The Morgan fingerprint density at radius 1 is 0.333 bits per heavy atom. The van der Waals surface area contributed by atoms with E-state index < -0.39 is 23.9 Å². The van der Waals surface area contributed by atoms with Crippen LogP contribution >= 0.6 is 0 Å². The number of nitrogens with zero attached hydrogens (tertiary/aromatic N) is 12. The summed E-state index contributed by atoms with van der Waals surface area (Å²) in [5, 5.41) is 37.3. The van der Waals surface area contributed by atoms with Crippen LogP contribution in [0.3, 0.4) is 0 Å². The van der Waals surface area contributed by atoms with Crippen molar-refractivity contribution in [2.45, 2.75) is 0 Å². The minimum Gasteiger partial charge on any atom is -0.545 e. The van der Waals surface area contributed by atoms with E-state index in [1.807, 2.05) is 72.8 Å². The zero-order chi connectivity index (χ0) is 49.5. The fourth-order valence-corrected chi connectivity index (χ4v) is 5.58. The summed E-state index contributed by atoms with van der Waals surface area (Å²) in [5.74, 6) is -3.39. The van der Waals surface area contributed by atoms with Crippen LogP contribution in [0.5, 0.6) is 0 Å². The number of hydrogen-bond donors (Lipinski definition) is 3. The summed E-state index contributed by atoms with van der Waals surface area (Å²) in [6.45, 7) is 0. The Labute approximate surface area is 435 Å². The topological polar surface area (TPSA) is 309 Å². The van der Waals surface area contributed by atoms with Crippen LogP contribution in [0.2, 0.25) is 0 Å². The maximum atomic E-state index is 10.8. The Bertz CT molecular complexity index is 2830. The van der Waals surface area contributed by atoms with Gasteiger partial charge in [0.15, 0.2) is 0 Å². The Kier molecular flexibility index (Phi) is 22.2. The number of carboxylic acid groups (broad SMARTS) is 4. The fraction of sp³-hybridized carbons (Fsp3) is 0. The van der Waals surface area contributed by atoms with Gasteiger partial charge in [0.1, 0.15) is 0 Å². The first kappa shape index (κ1) is 55.3. The number of carboxylic acids is 4. The summed E-state index contributed by atoms with van der Waals surface area (Å²) < 4.78 is 0. The van der Waals surface area contributed by atoms with Crippen LogP contribution in [0.25, 0.3) is 57.2 Å². The van der Waals surface area contributed by atoms with Crippen molar-refractivity contribution in [3.63, 3.8) is 0 Å². The molecule has 0 spiro atoms. The van der Waals surface area contributed by atoms with Crippen molar-refractivity contribution in [2.75, 3.05) is 0 Å². The molecule has 0 aromatic carbocycles. The average molecular weight is 1130 g/mol. The first-order valence-electron chi connectivity index (χ1n) is 20.3. The first-order chi connectivity index (χ1) is 34.0. The van der Waals surface area contributed by atoms with Crippen molar-refractivity contribution in [2.24, 2.45) is 0 Å². The minimum absolute atomic E-state index is 0. The molecule has 10 aromatic heterocycles. The third kappa shape index (κ3) is 17.1. The minimum atomic E-state index is -1.33. The molecule has 0 amide bonds. The van der Waals surface area contributed by atoms with Crippen LogP contribution in [-0.4, -0.2) is 89.0 Å². The van der Waals surface area contributed by atoms with Crippen LogP contribution in [0.1, 0.15) is 41.4 Å². The molecule has 0 saturated carbocycles. The molecule has 2 radical (unpaired) electrons. The third-order valence-electron chi connectivity index (χ3n) is 8.85. The second-order valence-electron chi connectivity index (χ2n) is 13.5. The number of imidazole rings is 2. The number of rotatable bonds is 9. The summed E-state index contributed by atoms with van der Waals surface area (Å²) in [6, 6.07) is 33.8. The molecule has 22 heteroatoms. The van der Waals surface area contributed by atoms with E-state index in [1.165, 1.54) is 73.3 Å². The molecule has 20 nitrogen and oxygen atoms in total. The smallest absolute Gasteiger partial charge is 0.545 e. The van der Waals surface area contributed by atoms with E-state index in [2.05, 4.69) is 59.8 Å². The van der Waals surface area contributed by atoms with Gasteiger partial charge in [-0.25, -0.2) is 14.4 Å². The molecule has 0 atom stereocenters. The molecule has 0 bridgehead atoms. The van der Waals surface area contributed by atoms with E-state index >= 15 is 0 Å². The molecule has 72 heavy (non-hydrogen) atoms. The predicted molar refractivity (Wildman–Crippen MR) is 249 cm³/mol. The molecule has 10 aromatic rings. The van der Waals surface area contributed by atoms with E-state index in [4.69, 9.17) is 15.3 Å². The number of carbonyl (C=O) groups excluding carboxylic acids is 1. The second kappa shape index (κ2) is 28.9. The molecule has 0 saturated heterocycles. The van der Waals surface area contributed by atoms with Crippen molar-refractivity contribution in [1.82, 2.24) is 59.8 Å². The molecule has 0 fully saturated rings. The van der Waals surface area contributed by atoms with Gasteiger partial charge in [-0.15, -0.1) is 0 Å². The molecule has 10 rings (SSSR count). The predicted octanol–water partition coefficient (Wildman–Crippen LogP) is 6.09. The van der Waals surface area contributed by atoms with E-state index in [0.29, 0.717) is 23.0 Å². The van der Waals surface area contributed by atoms with Gasteiger partial charge >= 0.3 is 56.9 Å². The van der Waals surface area contributed by atoms with Gasteiger partial charge < -0.3 is 45.2 Å². The number of aromatic carboxylic acids is 4. The zero-order valence-electron chi connectivity index (χ0n) is 36.9. The largest absolute Gasteiger partial charge is 1.00 e. The van der Waals surface area contributed by atoms with Crippen molar-refractivity contribution in [1.29, 1.82) is 0 Å². The summed E-state index contributed by atoms with van der Waals surface area (Å²) in [6.07, 6.45) is 18.8. The van der Waals surface area contributed by atoms with Crippen molar-refractivity contribution >= 4 is 23.9 Å². The first-order valence-corrected chi connectivity index (χ1v) is 20.3. The van der Waals surface area contributed by atoms with Gasteiger partial charge in [-0.05, 0) is 97.1 Å². The summed E-state index contributed by atoms with van der Waals surface area (Å²) >= 11 is 0. The van der Waals surface area contributed by atoms with Crippen LogP contribution in [0, 0.1) is 0 Å². The molecular formula is C50H35N12O8Ru2-. The Hall–Kier alpha value is -9.25. The quantitative estimate of drug-likeness (QED) is 0.138. The average Bonchev–Trinajstić information content (AvgIpc) is 4.17. The van der Waals surface area contributed by atoms with E-state index in [9.17, 15) is 24.3 Å². The summed E-state index contributed by atoms with van der Waals surface area (Å²) in [5.41, 5.74) is 5.02. The van der Waals surface area contributed by atoms with Crippen LogP contribution in [0.4, 0.5) is 0 Å². The van der Waals surface area contributed by atoms with Crippen molar-refractivity contribution in [3.05, 3.63) is 218 Å². The van der Waals surface area contributed by atoms with Gasteiger partial charge in [-0.2, -0.15) is 0 Å². The fourth-order valence-electron chi connectivity index (χ4n) is 5.58. The van der Waals surface area contributed by atoms with Gasteiger partial charge in [-0.3, -0.25) is 39.9 Å². The third-order valence-corrected chi connectivity index (χ3v) is 8.85. The molecular weight excluding hydrogens is 1100 g/mol. The summed E-state index contributed by atoms with van der Waals surface area (Å²) in [7, 11) is 0. The normalized spacial score (nSPS) is 9.61. The maximum absolute atomic E-state index is 10.8. The van der Waals surface area contributed by atoms with Gasteiger partial charge in [0.2, 0.25) is 0 Å². The van der Waals surface area contributed by atoms with E-state index in [0.717, 1.165) is 22.8 Å². The molecule has 3 N–H and O–H groups in total. The molecule has 10 heterocycles. The van der Waals surface area contributed by atoms with Gasteiger partial charge in [0.25, 0.3) is 0 Å². The SMILES string of the molecule is O=C(O)c1ccnc(-c2cc(C(=O)O)ccn2)c1.O=C([O-])c1ccnc(-c2cc(C(=O)O)ccn2)c1.[Ru+].[Ru+].c1c[n-]c(-c2ncc[n-]2)n1.c1ccc(-c2ccccn2)nc1.c1ccc(-c2ccccn2)nc1. The van der Waals surface area contributed by atoms with Gasteiger partial charge in [0.05, 0.1) is 68.2 Å². The zero-order valence-corrected chi connectivity index (χ0v) is 40.4. The molecule has 0 aliphatic rings. The number of hydrogen-bond acceptors (Lipinski definition) is 15. The standard InChI is InChI=1S/2C12H8N2O4.2C10H8N2.C6H4N4.2Ru/c2*15-11(16)7-1-3-13-9(5-7)10-6-8(12(17)18)2-4-14-10;2*1-3-7-11-9(5-1)10-6-2-4-8-12-10;1-2-8-5(7-1)6-9-3-4-10-6;;/h2*1-6H,(H,15,16)(H,17,18);2*1-8H;1-4H;;/q;;;;-2;2*+1/p-1. The number of pyridine rings is 8. The Morgan fingerprint density at radius 2 is 0.597 bits per heavy atom. The van der Waals surface area contributed by atoms with Crippen LogP contribution in [0.15, 0.2) is 196 Å². The van der Waals surface area contributed by atoms with Crippen molar-refractivity contribution < 1.29 is 78.6 Å². The molecule has 0 aliphatic heterocycles. The number of carbonyl (C=O) groups is 4. The molecule has 0 unspecified atom stereocenters.